The minimum atomic E-state index is 0.149. The number of hydrogen-bond donors (Lipinski definition) is 0. The third kappa shape index (κ3) is 4.30. The van der Waals surface area contributed by atoms with E-state index in [4.69, 9.17) is 11.6 Å². The van der Waals surface area contributed by atoms with Gasteiger partial charge in [-0.3, -0.25) is 14.7 Å². The molecule has 23 heavy (non-hydrogen) atoms. The lowest BCUT2D eigenvalue weighted by Gasteiger charge is -2.34. The molecule has 2 heterocycles. The molecule has 1 aliphatic heterocycles. The highest BCUT2D eigenvalue weighted by atomic mass is 35.5. The SMILES string of the molecule is O=C(Cc1ccccc1Cl)N1CCN(Cc2ccccn2)CC1. The standard InChI is InChI=1S/C18H20ClN3O/c19-17-7-2-1-5-15(17)13-18(23)22-11-9-21(10-12-22)14-16-6-3-4-8-20-16/h1-8H,9-14H2. The molecule has 1 aliphatic rings. The van der Waals surface area contributed by atoms with Crippen molar-refractivity contribution >= 4 is 17.5 Å². The summed E-state index contributed by atoms with van der Waals surface area (Å²) in [5.41, 5.74) is 1.97. The molecule has 0 saturated carbocycles. The van der Waals surface area contributed by atoms with Crippen LogP contribution in [0.5, 0.6) is 0 Å². The van der Waals surface area contributed by atoms with Crippen LogP contribution in [0.2, 0.25) is 5.02 Å². The number of halogens is 1. The largest absolute Gasteiger partial charge is 0.340 e. The number of aromatic nitrogens is 1. The molecule has 1 fully saturated rings. The fourth-order valence-corrected chi connectivity index (χ4v) is 3.00. The Balaban J connectivity index is 1.50. The molecule has 120 valence electrons. The van der Waals surface area contributed by atoms with Crippen molar-refractivity contribution in [2.24, 2.45) is 0 Å². The van der Waals surface area contributed by atoms with Gasteiger partial charge in [-0.05, 0) is 23.8 Å². The lowest BCUT2D eigenvalue weighted by atomic mass is 10.1. The zero-order valence-electron chi connectivity index (χ0n) is 13.0. The molecule has 0 radical (unpaired) electrons. The lowest BCUT2D eigenvalue weighted by Crippen LogP contribution is -2.48. The van der Waals surface area contributed by atoms with Gasteiger partial charge in [0.1, 0.15) is 0 Å². The van der Waals surface area contributed by atoms with E-state index in [0.29, 0.717) is 11.4 Å². The maximum Gasteiger partial charge on any atom is 0.227 e. The summed E-state index contributed by atoms with van der Waals surface area (Å²) < 4.78 is 0. The van der Waals surface area contributed by atoms with Crippen molar-refractivity contribution < 1.29 is 4.79 Å². The number of nitrogens with zero attached hydrogens (tertiary/aromatic N) is 3. The summed E-state index contributed by atoms with van der Waals surface area (Å²) in [5, 5.41) is 0.662. The molecular formula is C18H20ClN3O. The Bertz CT molecular complexity index is 654. The molecular weight excluding hydrogens is 310 g/mol. The number of amides is 1. The summed E-state index contributed by atoms with van der Waals surface area (Å²) in [4.78, 5) is 21.0. The van der Waals surface area contributed by atoms with Gasteiger partial charge in [-0.15, -0.1) is 0 Å². The number of carbonyl (C=O) groups is 1. The highest BCUT2D eigenvalue weighted by molar-refractivity contribution is 6.31. The van der Waals surface area contributed by atoms with Gasteiger partial charge < -0.3 is 4.90 Å². The van der Waals surface area contributed by atoms with E-state index in [1.54, 1.807) is 0 Å². The van der Waals surface area contributed by atoms with Crippen LogP contribution in [0.15, 0.2) is 48.7 Å². The predicted molar refractivity (Wildman–Crippen MR) is 91.3 cm³/mol. The molecule has 1 amide bonds. The van der Waals surface area contributed by atoms with Crippen LogP contribution in [0, 0.1) is 0 Å². The summed E-state index contributed by atoms with van der Waals surface area (Å²) in [6.45, 7) is 4.12. The van der Waals surface area contributed by atoms with Crippen LogP contribution in [0.1, 0.15) is 11.3 Å². The first-order valence-electron chi connectivity index (χ1n) is 7.86. The Morgan fingerprint density at radius 3 is 2.48 bits per heavy atom. The van der Waals surface area contributed by atoms with Gasteiger partial charge in [0.05, 0.1) is 12.1 Å². The van der Waals surface area contributed by atoms with Crippen molar-refractivity contribution in [2.75, 3.05) is 26.2 Å². The molecule has 0 spiro atoms. The van der Waals surface area contributed by atoms with Crippen LogP contribution in [0.3, 0.4) is 0 Å². The smallest absolute Gasteiger partial charge is 0.227 e. The normalized spacial score (nSPS) is 15.6. The van der Waals surface area contributed by atoms with E-state index in [-0.39, 0.29) is 5.91 Å². The number of carbonyl (C=O) groups excluding carboxylic acids is 1. The second-order valence-electron chi connectivity index (χ2n) is 5.75. The Labute approximate surface area is 141 Å². The summed E-state index contributed by atoms with van der Waals surface area (Å²) in [7, 11) is 0. The molecule has 0 bridgehead atoms. The third-order valence-corrected chi connectivity index (χ3v) is 4.50. The first-order chi connectivity index (χ1) is 11.2. The van der Waals surface area contributed by atoms with Gasteiger partial charge in [0.25, 0.3) is 0 Å². The average Bonchev–Trinajstić information content (AvgIpc) is 2.58. The van der Waals surface area contributed by atoms with Crippen molar-refractivity contribution in [3.8, 4) is 0 Å². The van der Waals surface area contributed by atoms with Gasteiger partial charge in [-0.2, -0.15) is 0 Å². The molecule has 4 nitrogen and oxygen atoms in total. The van der Waals surface area contributed by atoms with E-state index < -0.39 is 0 Å². The molecule has 3 rings (SSSR count). The second kappa shape index (κ2) is 7.57. The van der Waals surface area contributed by atoms with Crippen molar-refractivity contribution in [1.29, 1.82) is 0 Å². The number of piperazine rings is 1. The van der Waals surface area contributed by atoms with Crippen LogP contribution >= 0.6 is 11.6 Å². The number of pyridine rings is 1. The number of benzene rings is 1. The van der Waals surface area contributed by atoms with E-state index in [0.717, 1.165) is 44.0 Å². The summed E-state index contributed by atoms with van der Waals surface area (Å²) >= 11 is 6.13. The maximum absolute atomic E-state index is 12.4. The molecule has 5 heteroatoms. The van der Waals surface area contributed by atoms with Crippen LogP contribution in [-0.4, -0.2) is 46.9 Å². The van der Waals surface area contributed by atoms with Crippen molar-refractivity contribution in [2.45, 2.75) is 13.0 Å². The van der Waals surface area contributed by atoms with Crippen molar-refractivity contribution in [3.63, 3.8) is 0 Å². The van der Waals surface area contributed by atoms with E-state index in [2.05, 4.69) is 9.88 Å². The quantitative estimate of drug-likeness (QED) is 0.865. The van der Waals surface area contributed by atoms with Crippen LogP contribution in [0.4, 0.5) is 0 Å². The van der Waals surface area contributed by atoms with E-state index in [1.807, 2.05) is 53.6 Å². The summed E-state index contributed by atoms with van der Waals surface area (Å²) in [5.74, 6) is 0.149. The number of rotatable bonds is 4. The van der Waals surface area contributed by atoms with E-state index in [9.17, 15) is 4.79 Å². The monoisotopic (exact) mass is 329 g/mol. The van der Waals surface area contributed by atoms with E-state index >= 15 is 0 Å². The summed E-state index contributed by atoms with van der Waals surface area (Å²) in [6, 6.07) is 13.5. The van der Waals surface area contributed by atoms with Crippen molar-refractivity contribution in [3.05, 3.63) is 64.9 Å². The van der Waals surface area contributed by atoms with E-state index in [1.165, 1.54) is 0 Å². The Kier molecular flexibility index (Phi) is 5.26. The first kappa shape index (κ1) is 16.0. The Morgan fingerprint density at radius 1 is 1.04 bits per heavy atom. The Morgan fingerprint density at radius 2 is 1.78 bits per heavy atom. The molecule has 0 N–H and O–H groups in total. The van der Waals surface area contributed by atoms with Crippen molar-refractivity contribution in [1.82, 2.24) is 14.8 Å². The van der Waals surface area contributed by atoms with Crippen LogP contribution < -0.4 is 0 Å². The minimum Gasteiger partial charge on any atom is -0.340 e. The summed E-state index contributed by atoms with van der Waals surface area (Å²) in [6.07, 6.45) is 2.19. The first-order valence-corrected chi connectivity index (χ1v) is 8.23. The fraction of sp³-hybridized carbons (Fsp3) is 0.333. The maximum atomic E-state index is 12.4. The molecule has 0 aliphatic carbocycles. The van der Waals surface area contributed by atoms with Gasteiger partial charge in [0.2, 0.25) is 5.91 Å². The molecule has 2 aromatic rings. The van der Waals surface area contributed by atoms with Gasteiger partial charge in [-0.1, -0.05) is 35.9 Å². The molecule has 0 unspecified atom stereocenters. The highest BCUT2D eigenvalue weighted by Crippen LogP contribution is 2.17. The molecule has 1 aromatic carbocycles. The predicted octanol–water partition coefficient (Wildman–Crippen LogP) is 2.62. The fourth-order valence-electron chi connectivity index (χ4n) is 2.79. The molecule has 1 aromatic heterocycles. The third-order valence-electron chi connectivity index (χ3n) is 4.14. The number of hydrogen-bond acceptors (Lipinski definition) is 3. The minimum absolute atomic E-state index is 0.149. The topological polar surface area (TPSA) is 36.4 Å². The zero-order chi connectivity index (χ0) is 16.1. The zero-order valence-corrected chi connectivity index (χ0v) is 13.7. The van der Waals surface area contributed by atoms with Gasteiger partial charge >= 0.3 is 0 Å². The van der Waals surface area contributed by atoms with Gasteiger partial charge in [-0.25, -0.2) is 0 Å². The van der Waals surface area contributed by atoms with Gasteiger partial charge in [0, 0.05) is 43.9 Å². The second-order valence-corrected chi connectivity index (χ2v) is 6.15. The Hall–Kier alpha value is -1.91. The lowest BCUT2D eigenvalue weighted by molar-refractivity contribution is -0.132. The molecule has 1 saturated heterocycles. The van der Waals surface area contributed by atoms with Crippen LogP contribution in [0.25, 0.3) is 0 Å². The average molecular weight is 330 g/mol. The highest BCUT2D eigenvalue weighted by Gasteiger charge is 2.21. The van der Waals surface area contributed by atoms with Gasteiger partial charge in [0.15, 0.2) is 0 Å². The van der Waals surface area contributed by atoms with Crippen LogP contribution in [-0.2, 0) is 17.8 Å². The molecule has 0 atom stereocenters.